The van der Waals surface area contributed by atoms with Gasteiger partial charge in [0, 0.05) is 39.3 Å². The molecule has 0 radical (unpaired) electrons. The number of rotatable bonds is 12. The van der Waals surface area contributed by atoms with Gasteiger partial charge in [0.1, 0.15) is 6.61 Å². The summed E-state index contributed by atoms with van der Waals surface area (Å²) in [5, 5.41) is 6.66. The van der Waals surface area contributed by atoms with E-state index in [4.69, 9.17) is 18.9 Å². The lowest BCUT2D eigenvalue weighted by molar-refractivity contribution is 0.0888. The first-order valence-electron chi connectivity index (χ1n) is 11.2. The standard InChI is InChI=1S/C25H35N3O4/c1-26-25(27-12-6-13-30-17-22-11-14-31-18-22)28-16-21-9-10-23(24(15-21)29-2)32-19-20-7-4-3-5-8-20/h3-5,7-10,15,22H,6,11-14,16-19H2,1-2H3,(H2,26,27,28). The molecule has 1 fully saturated rings. The van der Waals surface area contributed by atoms with E-state index in [0.29, 0.717) is 24.8 Å². The summed E-state index contributed by atoms with van der Waals surface area (Å²) in [6, 6.07) is 16.1. The summed E-state index contributed by atoms with van der Waals surface area (Å²) in [4.78, 5) is 4.29. The molecule has 1 atom stereocenters. The van der Waals surface area contributed by atoms with E-state index in [2.05, 4.69) is 15.6 Å². The van der Waals surface area contributed by atoms with Gasteiger partial charge in [-0.15, -0.1) is 0 Å². The van der Waals surface area contributed by atoms with E-state index in [1.807, 2.05) is 48.5 Å². The van der Waals surface area contributed by atoms with Crippen LogP contribution in [-0.4, -0.2) is 53.1 Å². The summed E-state index contributed by atoms with van der Waals surface area (Å²) in [6.45, 7) is 5.17. The largest absolute Gasteiger partial charge is 0.493 e. The number of hydrogen-bond acceptors (Lipinski definition) is 5. The highest BCUT2D eigenvalue weighted by Gasteiger charge is 2.15. The van der Waals surface area contributed by atoms with Gasteiger partial charge in [0.2, 0.25) is 0 Å². The Kier molecular flexibility index (Phi) is 10.2. The van der Waals surface area contributed by atoms with Crippen LogP contribution in [0.3, 0.4) is 0 Å². The Morgan fingerprint density at radius 3 is 2.72 bits per heavy atom. The van der Waals surface area contributed by atoms with Crippen LogP contribution in [-0.2, 0) is 22.6 Å². The molecular formula is C25H35N3O4. The predicted molar refractivity (Wildman–Crippen MR) is 126 cm³/mol. The van der Waals surface area contributed by atoms with Gasteiger partial charge in [0.05, 0.1) is 20.3 Å². The van der Waals surface area contributed by atoms with Crippen LogP contribution in [0, 0.1) is 5.92 Å². The van der Waals surface area contributed by atoms with Crippen molar-refractivity contribution in [3.05, 3.63) is 59.7 Å². The first-order valence-corrected chi connectivity index (χ1v) is 11.2. The Labute approximate surface area is 191 Å². The Morgan fingerprint density at radius 2 is 1.97 bits per heavy atom. The zero-order valence-corrected chi connectivity index (χ0v) is 19.1. The maximum absolute atomic E-state index is 5.93. The summed E-state index contributed by atoms with van der Waals surface area (Å²) in [7, 11) is 3.43. The predicted octanol–water partition coefficient (Wildman–Crippen LogP) is 3.38. The minimum atomic E-state index is 0.503. The molecule has 1 heterocycles. The second-order valence-corrected chi connectivity index (χ2v) is 7.77. The molecule has 2 aromatic carbocycles. The van der Waals surface area contributed by atoms with Gasteiger partial charge in [-0.2, -0.15) is 0 Å². The van der Waals surface area contributed by atoms with E-state index in [9.17, 15) is 0 Å². The van der Waals surface area contributed by atoms with Gasteiger partial charge in [-0.05, 0) is 36.1 Å². The van der Waals surface area contributed by atoms with Gasteiger partial charge >= 0.3 is 0 Å². The average Bonchev–Trinajstić information content (AvgIpc) is 3.36. The molecule has 1 aliphatic heterocycles. The van der Waals surface area contributed by atoms with E-state index in [0.717, 1.165) is 68.6 Å². The molecule has 1 aliphatic rings. The van der Waals surface area contributed by atoms with E-state index >= 15 is 0 Å². The number of nitrogens with zero attached hydrogens (tertiary/aromatic N) is 1. The number of ether oxygens (including phenoxy) is 4. The van der Waals surface area contributed by atoms with Gasteiger partial charge in [-0.1, -0.05) is 36.4 Å². The van der Waals surface area contributed by atoms with Gasteiger partial charge in [-0.25, -0.2) is 0 Å². The van der Waals surface area contributed by atoms with Crippen LogP contribution in [0.4, 0.5) is 0 Å². The van der Waals surface area contributed by atoms with Crippen molar-refractivity contribution in [1.82, 2.24) is 10.6 Å². The Morgan fingerprint density at radius 1 is 1.09 bits per heavy atom. The van der Waals surface area contributed by atoms with Gasteiger partial charge in [-0.3, -0.25) is 4.99 Å². The quantitative estimate of drug-likeness (QED) is 0.299. The molecule has 2 aromatic rings. The van der Waals surface area contributed by atoms with Crippen molar-refractivity contribution in [3.8, 4) is 11.5 Å². The minimum Gasteiger partial charge on any atom is -0.493 e. The average molecular weight is 442 g/mol. The molecule has 0 spiro atoms. The lowest BCUT2D eigenvalue weighted by atomic mass is 10.1. The zero-order valence-electron chi connectivity index (χ0n) is 19.1. The van der Waals surface area contributed by atoms with E-state index in [1.54, 1.807) is 14.2 Å². The fourth-order valence-electron chi connectivity index (χ4n) is 3.43. The minimum absolute atomic E-state index is 0.503. The molecule has 1 unspecified atom stereocenters. The van der Waals surface area contributed by atoms with Crippen LogP contribution in [0.2, 0.25) is 0 Å². The fourth-order valence-corrected chi connectivity index (χ4v) is 3.43. The molecule has 0 amide bonds. The third-order valence-electron chi connectivity index (χ3n) is 5.28. The monoisotopic (exact) mass is 441 g/mol. The van der Waals surface area contributed by atoms with Crippen LogP contribution in [0.15, 0.2) is 53.5 Å². The molecule has 1 saturated heterocycles. The Hall–Kier alpha value is -2.77. The highest BCUT2D eigenvalue weighted by atomic mass is 16.5. The van der Waals surface area contributed by atoms with Crippen molar-refractivity contribution < 1.29 is 18.9 Å². The van der Waals surface area contributed by atoms with Gasteiger partial charge in [0.15, 0.2) is 17.5 Å². The van der Waals surface area contributed by atoms with Crippen molar-refractivity contribution in [2.75, 3.05) is 47.1 Å². The van der Waals surface area contributed by atoms with E-state index in [-0.39, 0.29) is 0 Å². The van der Waals surface area contributed by atoms with Crippen LogP contribution in [0.25, 0.3) is 0 Å². The maximum Gasteiger partial charge on any atom is 0.191 e. The van der Waals surface area contributed by atoms with Crippen molar-refractivity contribution in [2.45, 2.75) is 26.0 Å². The molecular weight excluding hydrogens is 406 g/mol. The van der Waals surface area contributed by atoms with E-state index < -0.39 is 0 Å². The molecule has 7 nitrogen and oxygen atoms in total. The summed E-state index contributed by atoms with van der Waals surface area (Å²) >= 11 is 0. The highest BCUT2D eigenvalue weighted by Crippen LogP contribution is 2.28. The summed E-state index contributed by atoms with van der Waals surface area (Å²) < 4.78 is 22.6. The Balaban J connectivity index is 1.37. The number of hydrogen-bond donors (Lipinski definition) is 2. The SMILES string of the molecule is CN=C(NCCCOCC1CCOC1)NCc1ccc(OCc2ccccc2)c(OC)c1. The normalized spacial score (nSPS) is 16.1. The first kappa shape index (κ1) is 23.9. The zero-order chi connectivity index (χ0) is 22.4. The van der Waals surface area contributed by atoms with E-state index in [1.165, 1.54) is 0 Å². The lowest BCUT2D eigenvalue weighted by Gasteiger charge is -2.15. The van der Waals surface area contributed by atoms with Crippen molar-refractivity contribution in [3.63, 3.8) is 0 Å². The van der Waals surface area contributed by atoms with Crippen LogP contribution >= 0.6 is 0 Å². The van der Waals surface area contributed by atoms with Crippen LogP contribution in [0.1, 0.15) is 24.0 Å². The molecule has 0 saturated carbocycles. The Bertz CT molecular complexity index is 823. The molecule has 174 valence electrons. The van der Waals surface area contributed by atoms with Crippen molar-refractivity contribution in [1.29, 1.82) is 0 Å². The van der Waals surface area contributed by atoms with Crippen molar-refractivity contribution in [2.24, 2.45) is 10.9 Å². The summed E-state index contributed by atoms with van der Waals surface area (Å²) in [5.74, 6) is 2.77. The second kappa shape index (κ2) is 13.6. The number of aliphatic imine (C=N–C) groups is 1. The van der Waals surface area contributed by atoms with Gasteiger partial charge < -0.3 is 29.6 Å². The van der Waals surface area contributed by atoms with Gasteiger partial charge in [0.25, 0.3) is 0 Å². The molecule has 0 aliphatic carbocycles. The molecule has 3 rings (SSSR count). The van der Waals surface area contributed by atoms with Crippen LogP contribution < -0.4 is 20.1 Å². The smallest absolute Gasteiger partial charge is 0.191 e. The lowest BCUT2D eigenvalue weighted by Crippen LogP contribution is -2.37. The fraction of sp³-hybridized carbons (Fsp3) is 0.480. The number of methoxy groups -OCH3 is 1. The topological polar surface area (TPSA) is 73.3 Å². The third kappa shape index (κ3) is 8.05. The number of benzene rings is 2. The summed E-state index contributed by atoms with van der Waals surface area (Å²) in [6.07, 6.45) is 2.04. The summed E-state index contributed by atoms with van der Waals surface area (Å²) in [5.41, 5.74) is 2.20. The number of guanidine groups is 1. The first-order chi connectivity index (χ1) is 15.8. The number of nitrogens with one attached hydrogen (secondary N) is 2. The molecule has 2 N–H and O–H groups in total. The highest BCUT2D eigenvalue weighted by molar-refractivity contribution is 5.79. The molecule has 7 heteroatoms. The maximum atomic E-state index is 5.93. The molecule has 0 bridgehead atoms. The van der Waals surface area contributed by atoms with Crippen LogP contribution in [0.5, 0.6) is 11.5 Å². The second-order valence-electron chi connectivity index (χ2n) is 7.77. The third-order valence-corrected chi connectivity index (χ3v) is 5.28. The van der Waals surface area contributed by atoms with Crippen molar-refractivity contribution >= 4 is 5.96 Å². The molecule has 0 aromatic heterocycles. The molecule has 32 heavy (non-hydrogen) atoms.